The van der Waals surface area contributed by atoms with Crippen molar-refractivity contribution in [1.29, 1.82) is 0 Å². The smallest absolute Gasteiger partial charge is 0.320 e. The van der Waals surface area contributed by atoms with E-state index < -0.39 is 72.1 Å². The number of anilines is 7. The SMILES string of the molecule is Cc1nnc(-c2ccc(CC(N)C(=O)O)cc2)nn1.Cc1nnc(NCc2ccc(C[C@H](N)C(=O)O)cc2)nn1.Cc1nnc(NCc2ccc(C[C@H](N)C(=O)O)cn2)nn1.Cc1nnc(NCc2cccc(C[C@H](N)C(=O)O)c2)nn1.Cc1nnc(Nc2ccc(C[C@H](N)C(=O)O)cn2)nn1.Cc1nnc(Nc2ccnc(C[C@H](N)C(=O)O)c2)nn1. The lowest BCUT2D eigenvalue weighted by atomic mass is 10.0. The first-order valence-electron chi connectivity index (χ1n) is 36.3. The minimum absolute atomic E-state index is 0.135. The largest absolute Gasteiger partial charge is 0.480 e. The van der Waals surface area contributed by atoms with Crippen LogP contribution in [0.15, 0.2) is 128 Å². The number of hydrogen-bond donors (Lipinski definition) is 17. The molecule has 3 aromatic carbocycles. The number of aliphatic carboxylic acids is 6. The number of hydrogen-bond acceptors (Lipinski definition) is 44. The van der Waals surface area contributed by atoms with E-state index >= 15 is 0 Å². The molecule has 0 aliphatic rings. The molecule has 0 aliphatic heterocycles. The zero-order valence-electron chi connectivity index (χ0n) is 66.1. The number of rotatable bonds is 32. The monoisotopic (exact) mass is 1670 g/mol. The van der Waals surface area contributed by atoms with Crippen LogP contribution in [-0.2, 0) is 86.9 Å². The van der Waals surface area contributed by atoms with E-state index in [2.05, 4.69) is 164 Å². The standard InChI is InChI=1S/2C13H16N6O2.C12H15N7O2.C12H13N5O2.2C11H13N7O2/c1-8-16-18-13(19-17-8)15-7-10-4-2-9(3-5-10)6-11(14)12(20)21;1-8-16-18-13(19-17-8)15-7-10-4-2-3-9(5-10)6-11(14)12(20)21;1-7-16-18-12(19-17-7)15-6-9-3-2-8(5-14-9)4-10(13)11(20)21;1-7-14-16-11(17-15-7)9-4-2-8(3-5-9)6-10(13)12(18)19;1-6-15-17-11(18-16-6)14-7-2-3-13-8(4-7)5-9(12)10(19)20;1-6-15-17-11(18-16-6)14-9-3-2-7(5-13-9)4-8(12)10(19)20/h2*2-5,11H,6-7,14H2,1H3,(H,20,21)(H,15,18,19);2-3,5,10H,4,6,13H2,1H3,(H,20,21)(H,15,18,19);2-5,10H,6,13H2,1H3,(H,18,19);2-4,9H,5,12H2,1H3,(H,19,20)(H,13,14,17,18);2-3,5,8H,4,12H2,1H3,(H,19,20)(H,13,14,17,18)/t2*11-;10-;;9-;8-/m000.00/s1. The van der Waals surface area contributed by atoms with Crippen molar-refractivity contribution in [3.63, 3.8) is 0 Å². The van der Waals surface area contributed by atoms with E-state index in [1.54, 1.807) is 121 Å². The fraction of sp³-hybridized carbons (Fsp3) is 0.292. The molecule has 9 aromatic heterocycles. The van der Waals surface area contributed by atoms with E-state index in [0.29, 0.717) is 102 Å². The average molecular weight is 1680 g/mol. The number of pyridine rings is 3. The molecule has 636 valence electrons. The summed E-state index contributed by atoms with van der Waals surface area (Å²) in [6, 6.07) is 27.0. The van der Waals surface area contributed by atoms with Crippen LogP contribution < -0.4 is 61.0 Å². The number of aromatic nitrogens is 27. The summed E-state index contributed by atoms with van der Waals surface area (Å²) < 4.78 is 0. The van der Waals surface area contributed by atoms with Crippen molar-refractivity contribution in [1.82, 2.24) is 137 Å². The van der Waals surface area contributed by atoms with Gasteiger partial charge < -0.3 is 91.6 Å². The second-order valence-corrected chi connectivity index (χ2v) is 25.9. The summed E-state index contributed by atoms with van der Waals surface area (Å²) in [6.45, 7) is 11.6. The molecule has 1 unspecified atom stereocenters. The highest BCUT2D eigenvalue weighted by atomic mass is 16.4. The highest BCUT2D eigenvalue weighted by molar-refractivity contribution is 5.76. The summed E-state index contributed by atoms with van der Waals surface area (Å²) in [5.41, 5.74) is 41.6. The van der Waals surface area contributed by atoms with Crippen LogP contribution in [0.5, 0.6) is 0 Å². The van der Waals surface area contributed by atoms with Crippen molar-refractivity contribution in [2.45, 2.75) is 136 Å². The molecule has 6 atom stereocenters. The first-order chi connectivity index (χ1) is 58.3. The van der Waals surface area contributed by atoms with Gasteiger partial charge in [-0.1, -0.05) is 84.9 Å². The topological polar surface area (TPSA) is 788 Å². The van der Waals surface area contributed by atoms with Gasteiger partial charge in [0.05, 0.1) is 12.2 Å². The van der Waals surface area contributed by atoms with Gasteiger partial charge in [0.2, 0.25) is 5.82 Å². The fourth-order valence-electron chi connectivity index (χ4n) is 9.32. The van der Waals surface area contributed by atoms with Gasteiger partial charge in [-0.25, -0.2) is 4.98 Å². The third-order valence-corrected chi connectivity index (χ3v) is 15.7. The molecule has 50 nitrogen and oxygen atoms in total. The van der Waals surface area contributed by atoms with Crippen molar-refractivity contribution >= 4 is 77.1 Å². The Morgan fingerprint density at radius 3 is 1.02 bits per heavy atom. The molecule has 0 aliphatic carbocycles. The van der Waals surface area contributed by atoms with Gasteiger partial charge in [0.25, 0.3) is 29.7 Å². The molecular formula is C72H86N38O12. The average Bonchev–Trinajstić information content (AvgIpc) is 0.858. The molecule has 23 N–H and O–H groups in total. The number of nitrogens with one attached hydrogen (secondary N) is 5. The van der Waals surface area contributed by atoms with Crippen LogP contribution in [-0.4, -0.2) is 240 Å². The maximum Gasteiger partial charge on any atom is 0.320 e. The number of carboxylic acid groups (broad SMARTS) is 6. The third-order valence-electron chi connectivity index (χ3n) is 15.7. The third kappa shape index (κ3) is 34.6. The molecule has 0 saturated carbocycles. The van der Waals surface area contributed by atoms with Crippen LogP contribution in [0.1, 0.15) is 85.3 Å². The molecule has 0 fully saturated rings. The molecule has 0 bridgehead atoms. The Morgan fingerprint density at radius 1 is 0.295 bits per heavy atom. The Bertz CT molecular complexity index is 5160. The molecular weight excluding hydrogens is 1590 g/mol. The van der Waals surface area contributed by atoms with Crippen LogP contribution in [0, 0.1) is 41.5 Å². The zero-order chi connectivity index (χ0) is 88.6. The minimum Gasteiger partial charge on any atom is -0.480 e. The predicted octanol–water partition coefficient (Wildman–Crippen LogP) is -0.648. The number of aryl methyl sites for hydroxylation is 6. The lowest BCUT2D eigenvalue weighted by Crippen LogP contribution is -2.32. The second-order valence-electron chi connectivity index (χ2n) is 25.9. The van der Waals surface area contributed by atoms with Crippen LogP contribution in [0.25, 0.3) is 11.4 Å². The minimum atomic E-state index is -1.07. The van der Waals surface area contributed by atoms with Crippen molar-refractivity contribution in [3.8, 4) is 11.4 Å². The van der Waals surface area contributed by atoms with Gasteiger partial charge in [0, 0.05) is 55.0 Å². The lowest BCUT2D eigenvalue weighted by Gasteiger charge is -2.09. The molecule has 0 saturated heterocycles. The molecule has 12 aromatic rings. The van der Waals surface area contributed by atoms with Gasteiger partial charge >= 0.3 is 35.8 Å². The number of carbonyl (C=O) groups is 6. The number of carboxylic acids is 6. The highest BCUT2D eigenvalue weighted by Gasteiger charge is 2.19. The van der Waals surface area contributed by atoms with Gasteiger partial charge in [-0.15, -0.1) is 122 Å². The predicted molar refractivity (Wildman–Crippen MR) is 430 cm³/mol. The van der Waals surface area contributed by atoms with E-state index in [9.17, 15) is 28.8 Å². The number of benzene rings is 3. The summed E-state index contributed by atoms with van der Waals surface area (Å²) in [5, 5.41) is 159. The summed E-state index contributed by atoms with van der Waals surface area (Å²) in [6.07, 6.45) is 6.15. The van der Waals surface area contributed by atoms with Gasteiger partial charge in [-0.2, -0.15) is 0 Å². The Labute approximate surface area is 692 Å². The van der Waals surface area contributed by atoms with Crippen molar-refractivity contribution in [2.75, 3.05) is 26.6 Å². The molecule has 9 heterocycles. The van der Waals surface area contributed by atoms with E-state index in [-0.39, 0.29) is 44.0 Å². The first-order valence-corrected chi connectivity index (χ1v) is 36.3. The van der Waals surface area contributed by atoms with Crippen LogP contribution in [0.4, 0.5) is 41.2 Å². The number of nitrogens with zero attached hydrogens (tertiary/aromatic N) is 27. The Kier molecular flexibility index (Phi) is 36.9. The quantitative estimate of drug-likeness (QED) is 0.0249. The van der Waals surface area contributed by atoms with Gasteiger partial charge in [0.1, 0.15) is 42.1 Å². The molecule has 12 rings (SSSR count). The Balaban J connectivity index is 0.000000202. The lowest BCUT2D eigenvalue weighted by molar-refractivity contribution is -0.139. The van der Waals surface area contributed by atoms with Crippen molar-refractivity contribution in [2.24, 2.45) is 34.4 Å². The summed E-state index contributed by atoms with van der Waals surface area (Å²) >= 11 is 0. The molecule has 50 heteroatoms. The maximum atomic E-state index is 10.8. The normalized spacial score (nSPS) is 11.9. The van der Waals surface area contributed by atoms with Gasteiger partial charge in [-0.3, -0.25) is 38.7 Å². The zero-order valence-corrected chi connectivity index (χ0v) is 66.1. The summed E-state index contributed by atoms with van der Waals surface area (Å²) in [4.78, 5) is 76.5. The Morgan fingerprint density at radius 2 is 0.623 bits per heavy atom. The fourth-order valence-corrected chi connectivity index (χ4v) is 9.32. The maximum absolute atomic E-state index is 10.8. The van der Waals surface area contributed by atoms with Crippen molar-refractivity contribution in [3.05, 3.63) is 213 Å². The van der Waals surface area contributed by atoms with Crippen molar-refractivity contribution < 1.29 is 59.4 Å². The van der Waals surface area contributed by atoms with Crippen LogP contribution in [0.3, 0.4) is 0 Å². The van der Waals surface area contributed by atoms with E-state index in [1.807, 2.05) is 48.5 Å². The molecule has 0 amide bonds. The van der Waals surface area contributed by atoms with Gasteiger partial charge in [-0.05, 0) is 137 Å². The van der Waals surface area contributed by atoms with E-state index in [0.717, 1.165) is 50.2 Å². The number of nitrogens with two attached hydrogens (primary N) is 6. The highest BCUT2D eigenvalue weighted by Crippen LogP contribution is 2.18. The van der Waals surface area contributed by atoms with Crippen LogP contribution >= 0.6 is 0 Å². The molecule has 0 spiro atoms. The van der Waals surface area contributed by atoms with E-state index in [4.69, 9.17) is 65.0 Å². The van der Waals surface area contributed by atoms with Gasteiger partial charge in [0.15, 0.2) is 34.9 Å². The van der Waals surface area contributed by atoms with Crippen LogP contribution in [0.2, 0.25) is 0 Å². The Hall–Kier alpha value is -15.7. The molecule has 122 heavy (non-hydrogen) atoms. The summed E-state index contributed by atoms with van der Waals surface area (Å²) in [5.74, 6) is -0.769. The van der Waals surface area contributed by atoms with E-state index in [1.165, 1.54) is 0 Å². The first kappa shape index (κ1) is 93.5. The molecule has 0 radical (unpaired) electrons. The second kappa shape index (κ2) is 48.1. The summed E-state index contributed by atoms with van der Waals surface area (Å²) in [7, 11) is 0.